The molecule has 0 aliphatic rings. The molecule has 0 N–H and O–H groups in total. The van der Waals surface area contributed by atoms with Crippen molar-refractivity contribution in [2.24, 2.45) is 6.99 Å². The van der Waals surface area contributed by atoms with Crippen molar-refractivity contribution in [3.8, 4) is 0 Å². The molecule has 0 heterocycles. The molecule has 2 nitrogen and oxygen atoms in total. The summed E-state index contributed by atoms with van der Waals surface area (Å²) in [5, 5.41) is 0. The summed E-state index contributed by atoms with van der Waals surface area (Å²) >= 11 is -0.978. The molecule has 0 bridgehead atoms. The number of hydrogen-bond donors (Lipinski definition) is 0. The molecule has 0 atom stereocenters. The van der Waals surface area contributed by atoms with Crippen LogP contribution in [-0.4, -0.2) is 0 Å². The first-order chi connectivity index (χ1) is 9.36. The second kappa shape index (κ2) is 10.6. The Morgan fingerprint density at radius 3 is 1.37 bits per heavy atom. The van der Waals surface area contributed by atoms with Crippen molar-refractivity contribution in [3.05, 3.63) is 74.5 Å². The Kier molecular flexibility index (Phi) is 8.83. The van der Waals surface area contributed by atoms with Crippen molar-refractivity contribution in [2.75, 3.05) is 0 Å². The molecule has 2 aromatic carbocycles. The van der Waals surface area contributed by atoms with Crippen molar-refractivity contribution < 1.29 is 18.2 Å². The van der Waals surface area contributed by atoms with E-state index in [1.54, 1.807) is 0 Å². The SMILES string of the molecule is [CH2-]CC[CH2-].c1ccc([N]=[W]=[N]c2ccccc2)cc1. The molecule has 0 amide bonds. The van der Waals surface area contributed by atoms with Crippen LogP contribution in [0, 0.1) is 13.8 Å². The summed E-state index contributed by atoms with van der Waals surface area (Å²) < 4.78 is 9.00. The van der Waals surface area contributed by atoms with Crippen molar-refractivity contribution in [1.29, 1.82) is 0 Å². The third kappa shape index (κ3) is 7.69. The number of nitrogens with zero attached hydrogens (tertiary/aromatic N) is 2. The predicted molar refractivity (Wildman–Crippen MR) is 77.0 cm³/mol. The second-order valence-corrected chi connectivity index (χ2v) is 5.54. The van der Waals surface area contributed by atoms with Crippen LogP contribution in [0.3, 0.4) is 0 Å². The van der Waals surface area contributed by atoms with Crippen molar-refractivity contribution >= 4 is 11.4 Å². The fourth-order valence-electron chi connectivity index (χ4n) is 1.09. The molecule has 0 aliphatic heterocycles. The van der Waals surface area contributed by atoms with Crippen molar-refractivity contribution in [1.82, 2.24) is 0 Å². The van der Waals surface area contributed by atoms with Gasteiger partial charge in [0.1, 0.15) is 0 Å². The molecular formula is C16H18N2W-2. The van der Waals surface area contributed by atoms with Gasteiger partial charge in [-0.3, -0.25) is 0 Å². The Morgan fingerprint density at radius 2 is 1.05 bits per heavy atom. The van der Waals surface area contributed by atoms with Gasteiger partial charge in [-0.1, -0.05) is 0 Å². The number of benzene rings is 2. The zero-order valence-electron chi connectivity index (χ0n) is 10.9. The monoisotopic (exact) mass is 422 g/mol. The van der Waals surface area contributed by atoms with Crippen molar-refractivity contribution in [2.45, 2.75) is 12.8 Å². The molecule has 0 saturated heterocycles. The summed E-state index contributed by atoms with van der Waals surface area (Å²) in [6, 6.07) is 20.1. The van der Waals surface area contributed by atoms with Crippen LogP contribution in [0.25, 0.3) is 0 Å². The molecule has 19 heavy (non-hydrogen) atoms. The zero-order chi connectivity index (χ0) is 13.8. The Hall–Kier alpha value is -1.27. The molecule has 2 aromatic rings. The van der Waals surface area contributed by atoms with Crippen molar-refractivity contribution in [3.63, 3.8) is 0 Å². The van der Waals surface area contributed by atoms with Crippen LogP contribution in [-0.2, 0) is 18.2 Å². The minimum absolute atomic E-state index is 0.958. The predicted octanol–water partition coefficient (Wildman–Crippen LogP) is 5.53. The van der Waals surface area contributed by atoms with E-state index in [2.05, 4.69) is 20.8 Å². The van der Waals surface area contributed by atoms with Gasteiger partial charge in [-0.25, -0.2) is 12.8 Å². The number of unbranched alkanes of at least 4 members (excludes halogenated alkanes) is 1. The maximum atomic E-state index is 4.50. The molecule has 0 unspecified atom stereocenters. The first-order valence-corrected chi connectivity index (χ1v) is 8.76. The van der Waals surface area contributed by atoms with Gasteiger partial charge in [0.15, 0.2) is 0 Å². The van der Waals surface area contributed by atoms with E-state index in [0.29, 0.717) is 0 Å². The summed E-state index contributed by atoms with van der Waals surface area (Å²) in [7, 11) is 0. The molecule has 0 radical (unpaired) electrons. The molecule has 2 rings (SSSR count). The first kappa shape index (κ1) is 15.8. The Labute approximate surface area is 124 Å². The molecular weight excluding hydrogens is 404 g/mol. The van der Waals surface area contributed by atoms with Crippen LogP contribution in [0.5, 0.6) is 0 Å². The van der Waals surface area contributed by atoms with Gasteiger partial charge in [0, 0.05) is 0 Å². The molecule has 0 aromatic heterocycles. The third-order valence-electron chi connectivity index (χ3n) is 2.05. The molecule has 100 valence electrons. The summed E-state index contributed by atoms with van der Waals surface area (Å²) in [6.45, 7) is 7.08. The number of hydrogen-bond acceptors (Lipinski definition) is 2. The number of rotatable bonds is 3. The van der Waals surface area contributed by atoms with Gasteiger partial charge in [0.2, 0.25) is 0 Å². The van der Waals surface area contributed by atoms with E-state index >= 15 is 0 Å². The van der Waals surface area contributed by atoms with E-state index in [4.69, 9.17) is 0 Å². The summed E-state index contributed by atoms with van der Waals surface area (Å²) in [4.78, 5) is 0. The average molecular weight is 422 g/mol. The first-order valence-electron chi connectivity index (χ1n) is 6.13. The van der Waals surface area contributed by atoms with Gasteiger partial charge in [0.25, 0.3) is 0 Å². The standard InChI is InChI=1S/2C6H5N.C4H8.W/c2*7-6-4-2-1-3-5-6;1-3-4-2;/h2*1-5H;1-4H2;/q;;-2;. The normalized spacial score (nSPS) is 8.95. The van der Waals surface area contributed by atoms with Gasteiger partial charge in [-0.05, 0) is 0 Å². The molecule has 0 fully saturated rings. The van der Waals surface area contributed by atoms with Gasteiger partial charge in [-0.15, -0.1) is 0 Å². The maximum absolute atomic E-state index is 4.50. The van der Waals surface area contributed by atoms with Crippen LogP contribution >= 0.6 is 0 Å². The molecule has 3 heteroatoms. The van der Waals surface area contributed by atoms with Gasteiger partial charge in [-0.2, -0.15) is 0 Å². The van der Waals surface area contributed by atoms with Gasteiger partial charge in [0.05, 0.1) is 0 Å². The van der Waals surface area contributed by atoms with Crippen LogP contribution in [0.4, 0.5) is 11.4 Å². The third-order valence-corrected chi connectivity index (χ3v) is 4.16. The van der Waals surface area contributed by atoms with E-state index in [0.717, 1.165) is 24.2 Å². The second-order valence-electron chi connectivity index (χ2n) is 3.64. The Bertz CT molecular complexity index is 457. The van der Waals surface area contributed by atoms with E-state index < -0.39 is 18.2 Å². The van der Waals surface area contributed by atoms with Gasteiger partial charge >= 0.3 is 97.2 Å². The van der Waals surface area contributed by atoms with Crippen LogP contribution in [0.15, 0.2) is 67.7 Å². The topological polar surface area (TPSA) is 24.7 Å². The summed E-state index contributed by atoms with van der Waals surface area (Å²) in [5.74, 6) is 0. The fourth-order valence-corrected chi connectivity index (χ4v) is 2.79. The minimum atomic E-state index is -0.978. The van der Waals surface area contributed by atoms with Crippen LogP contribution in [0.2, 0.25) is 0 Å². The summed E-state index contributed by atoms with van der Waals surface area (Å²) in [6.07, 6.45) is 1.92. The average Bonchev–Trinajstić information content (AvgIpc) is 2.50. The van der Waals surface area contributed by atoms with Crippen LogP contribution in [0.1, 0.15) is 12.8 Å². The summed E-state index contributed by atoms with van der Waals surface area (Å²) in [5.41, 5.74) is 2.09. The molecule has 0 spiro atoms. The fraction of sp³-hybridized carbons (Fsp3) is 0.125. The molecule has 0 saturated carbocycles. The van der Waals surface area contributed by atoms with E-state index in [1.165, 1.54) is 0 Å². The Morgan fingerprint density at radius 1 is 0.684 bits per heavy atom. The van der Waals surface area contributed by atoms with Gasteiger partial charge < -0.3 is 13.8 Å². The van der Waals surface area contributed by atoms with E-state index in [-0.39, 0.29) is 0 Å². The zero-order valence-corrected chi connectivity index (χ0v) is 13.8. The van der Waals surface area contributed by atoms with E-state index in [9.17, 15) is 0 Å². The quantitative estimate of drug-likeness (QED) is 0.581. The van der Waals surface area contributed by atoms with E-state index in [1.807, 2.05) is 60.7 Å². The van der Waals surface area contributed by atoms with Crippen LogP contribution < -0.4 is 0 Å². The Balaban J connectivity index is 0.000000399. The molecule has 0 aliphatic carbocycles.